The average molecular weight is 395 g/mol. The molecule has 1 saturated heterocycles. The van der Waals surface area contributed by atoms with Crippen LogP contribution in [0.3, 0.4) is 0 Å². The monoisotopic (exact) mass is 395 g/mol. The van der Waals surface area contributed by atoms with E-state index in [-0.39, 0.29) is 19.1 Å². The lowest BCUT2D eigenvalue weighted by Gasteiger charge is -2.36. The highest BCUT2D eigenvalue weighted by molar-refractivity contribution is 6.37. The van der Waals surface area contributed by atoms with E-state index in [0.29, 0.717) is 18.8 Å². The maximum absolute atomic E-state index is 12.3. The zero-order valence-corrected chi connectivity index (χ0v) is 16.5. The van der Waals surface area contributed by atoms with Crippen molar-refractivity contribution < 1.29 is 19.1 Å². The van der Waals surface area contributed by atoms with Gasteiger partial charge < -0.3 is 19.9 Å². The number of carbonyl (C=O) groups is 3. The van der Waals surface area contributed by atoms with E-state index in [4.69, 9.17) is 4.74 Å². The Balaban J connectivity index is 1.38. The van der Waals surface area contributed by atoms with Gasteiger partial charge in [0.25, 0.3) is 11.7 Å². The smallest absolute Gasteiger partial charge is 0.291 e. The molecule has 1 aliphatic heterocycles. The molecule has 0 bridgehead atoms. The first kappa shape index (κ1) is 20.4. The summed E-state index contributed by atoms with van der Waals surface area (Å²) in [7, 11) is 0. The molecule has 152 valence electrons. The van der Waals surface area contributed by atoms with Gasteiger partial charge in [-0.2, -0.15) is 0 Å². The van der Waals surface area contributed by atoms with Gasteiger partial charge in [0, 0.05) is 31.9 Å². The summed E-state index contributed by atoms with van der Waals surface area (Å²) in [6.45, 7) is 4.00. The van der Waals surface area contributed by atoms with E-state index >= 15 is 0 Å². The molecule has 7 nitrogen and oxygen atoms in total. The van der Waals surface area contributed by atoms with Gasteiger partial charge in [0.05, 0.1) is 6.54 Å². The molecule has 2 aromatic carbocycles. The molecule has 0 aliphatic carbocycles. The molecular weight excluding hydrogens is 370 g/mol. The number of para-hydroxylation sites is 1. The summed E-state index contributed by atoms with van der Waals surface area (Å²) in [6.07, 6.45) is 0. The number of hydrogen-bond donors (Lipinski definition) is 1. The molecule has 0 spiro atoms. The van der Waals surface area contributed by atoms with Gasteiger partial charge in [0.15, 0.2) is 6.61 Å². The second-order valence-corrected chi connectivity index (χ2v) is 6.91. The van der Waals surface area contributed by atoms with Crippen molar-refractivity contribution >= 4 is 23.3 Å². The first-order chi connectivity index (χ1) is 14.0. The normalized spacial score (nSPS) is 13.7. The average Bonchev–Trinajstić information content (AvgIpc) is 2.77. The van der Waals surface area contributed by atoms with Crippen molar-refractivity contribution in [2.24, 2.45) is 0 Å². The van der Waals surface area contributed by atoms with E-state index < -0.39 is 11.7 Å². The highest BCUT2D eigenvalue weighted by atomic mass is 16.5. The van der Waals surface area contributed by atoms with Crippen molar-refractivity contribution in [1.29, 1.82) is 0 Å². The standard InChI is InChI=1S/C22H25N3O4/c1-17-7-9-19(10-8-17)29-16-20(26)22(28)23-15-21(27)25-13-11-24(12-14-25)18-5-3-2-4-6-18/h2-10H,11-16H2,1H3,(H,23,28). The first-order valence-corrected chi connectivity index (χ1v) is 9.61. The van der Waals surface area contributed by atoms with E-state index in [1.165, 1.54) is 0 Å². The summed E-state index contributed by atoms with van der Waals surface area (Å²) in [6, 6.07) is 17.2. The Kier molecular flexibility index (Phi) is 6.84. The first-order valence-electron chi connectivity index (χ1n) is 9.61. The number of ketones is 1. The Morgan fingerprint density at radius 3 is 2.24 bits per heavy atom. The summed E-state index contributed by atoms with van der Waals surface area (Å²) in [5.41, 5.74) is 2.21. The predicted molar refractivity (Wildman–Crippen MR) is 110 cm³/mol. The lowest BCUT2D eigenvalue weighted by Crippen LogP contribution is -2.51. The van der Waals surface area contributed by atoms with Crippen LogP contribution in [0.5, 0.6) is 5.75 Å². The third kappa shape index (κ3) is 5.81. The van der Waals surface area contributed by atoms with Crippen LogP contribution in [-0.4, -0.2) is 61.8 Å². The minimum atomic E-state index is -0.812. The van der Waals surface area contributed by atoms with Gasteiger partial charge in [-0.15, -0.1) is 0 Å². The van der Waals surface area contributed by atoms with Crippen LogP contribution in [0, 0.1) is 6.92 Å². The molecule has 0 aromatic heterocycles. The third-order valence-electron chi connectivity index (χ3n) is 4.80. The number of Topliss-reactive ketones (excluding diaryl/α,β-unsaturated/α-hetero) is 1. The van der Waals surface area contributed by atoms with Gasteiger partial charge in [0.1, 0.15) is 5.75 Å². The Bertz CT molecular complexity index is 844. The van der Waals surface area contributed by atoms with Crippen LogP contribution in [0.15, 0.2) is 54.6 Å². The second-order valence-electron chi connectivity index (χ2n) is 6.91. The highest BCUT2D eigenvalue weighted by Gasteiger charge is 2.22. The Morgan fingerprint density at radius 2 is 1.59 bits per heavy atom. The van der Waals surface area contributed by atoms with Crippen LogP contribution in [-0.2, 0) is 14.4 Å². The van der Waals surface area contributed by atoms with Gasteiger partial charge in [-0.25, -0.2) is 0 Å². The molecule has 1 fully saturated rings. The minimum absolute atomic E-state index is 0.194. The van der Waals surface area contributed by atoms with Crippen LogP contribution in [0.2, 0.25) is 0 Å². The molecule has 2 aromatic rings. The molecule has 0 atom stereocenters. The number of benzene rings is 2. The molecule has 3 rings (SSSR count). The highest BCUT2D eigenvalue weighted by Crippen LogP contribution is 2.15. The number of nitrogens with zero attached hydrogens (tertiary/aromatic N) is 2. The zero-order valence-electron chi connectivity index (χ0n) is 16.5. The Morgan fingerprint density at radius 1 is 0.931 bits per heavy atom. The van der Waals surface area contributed by atoms with Crippen molar-refractivity contribution in [2.75, 3.05) is 44.2 Å². The fourth-order valence-corrected chi connectivity index (χ4v) is 3.07. The molecule has 7 heteroatoms. The maximum Gasteiger partial charge on any atom is 0.291 e. The van der Waals surface area contributed by atoms with E-state index in [9.17, 15) is 14.4 Å². The lowest BCUT2D eigenvalue weighted by molar-refractivity contribution is -0.140. The summed E-state index contributed by atoms with van der Waals surface area (Å²) < 4.78 is 5.31. The van der Waals surface area contributed by atoms with Gasteiger partial charge >= 0.3 is 0 Å². The Hall–Kier alpha value is -3.35. The number of anilines is 1. The number of amides is 2. The number of carbonyl (C=O) groups excluding carboxylic acids is 3. The number of rotatable bonds is 7. The maximum atomic E-state index is 12.3. The fourth-order valence-electron chi connectivity index (χ4n) is 3.07. The van der Waals surface area contributed by atoms with E-state index in [1.807, 2.05) is 49.4 Å². The van der Waals surface area contributed by atoms with Crippen molar-refractivity contribution in [3.63, 3.8) is 0 Å². The number of aryl methyl sites for hydroxylation is 1. The molecule has 2 amide bonds. The van der Waals surface area contributed by atoms with Crippen molar-refractivity contribution in [2.45, 2.75) is 6.92 Å². The Labute approximate surface area is 170 Å². The molecular formula is C22H25N3O4. The van der Waals surface area contributed by atoms with Crippen LogP contribution in [0.25, 0.3) is 0 Å². The molecule has 0 saturated carbocycles. The quantitative estimate of drug-likeness (QED) is 0.717. The number of nitrogens with one attached hydrogen (secondary N) is 1. The molecule has 29 heavy (non-hydrogen) atoms. The van der Waals surface area contributed by atoms with Crippen LogP contribution in [0.4, 0.5) is 5.69 Å². The minimum Gasteiger partial charge on any atom is -0.485 e. The largest absolute Gasteiger partial charge is 0.485 e. The van der Waals surface area contributed by atoms with Crippen LogP contribution < -0.4 is 15.0 Å². The molecule has 0 unspecified atom stereocenters. The van der Waals surface area contributed by atoms with E-state index in [2.05, 4.69) is 10.2 Å². The van der Waals surface area contributed by atoms with Gasteiger partial charge in [-0.1, -0.05) is 35.9 Å². The van der Waals surface area contributed by atoms with E-state index in [0.717, 1.165) is 24.3 Å². The van der Waals surface area contributed by atoms with Crippen molar-refractivity contribution in [3.05, 3.63) is 60.2 Å². The molecule has 1 N–H and O–H groups in total. The lowest BCUT2D eigenvalue weighted by atomic mass is 10.2. The summed E-state index contributed by atoms with van der Waals surface area (Å²) >= 11 is 0. The van der Waals surface area contributed by atoms with Gasteiger partial charge in [-0.3, -0.25) is 14.4 Å². The summed E-state index contributed by atoms with van der Waals surface area (Å²) in [4.78, 5) is 40.1. The zero-order chi connectivity index (χ0) is 20.6. The number of hydrogen-bond acceptors (Lipinski definition) is 5. The predicted octanol–water partition coefficient (Wildman–Crippen LogP) is 1.41. The van der Waals surface area contributed by atoms with Crippen LogP contribution >= 0.6 is 0 Å². The van der Waals surface area contributed by atoms with E-state index in [1.54, 1.807) is 17.0 Å². The SMILES string of the molecule is Cc1ccc(OCC(=O)C(=O)NCC(=O)N2CCN(c3ccccc3)CC2)cc1. The van der Waals surface area contributed by atoms with Crippen molar-refractivity contribution in [1.82, 2.24) is 10.2 Å². The van der Waals surface area contributed by atoms with Gasteiger partial charge in [0.2, 0.25) is 5.91 Å². The van der Waals surface area contributed by atoms with Crippen molar-refractivity contribution in [3.8, 4) is 5.75 Å². The molecule has 1 heterocycles. The molecule has 1 aliphatic rings. The fraction of sp³-hybridized carbons (Fsp3) is 0.318. The third-order valence-corrected chi connectivity index (χ3v) is 4.80. The summed E-state index contributed by atoms with van der Waals surface area (Å²) in [5.74, 6) is -1.21. The summed E-state index contributed by atoms with van der Waals surface area (Å²) in [5, 5.41) is 2.39. The number of piperazine rings is 1. The van der Waals surface area contributed by atoms with Gasteiger partial charge in [-0.05, 0) is 31.2 Å². The molecule has 0 radical (unpaired) electrons. The van der Waals surface area contributed by atoms with Crippen LogP contribution in [0.1, 0.15) is 5.56 Å². The topological polar surface area (TPSA) is 78.9 Å². The second kappa shape index (κ2) is 9.73. The number of ether oxygens (including phenoxy) is 1.